The second kappa shape index (κ2) is 5.96. The summed E-state index contributed by atoms with van der Waals surface area (Å²) in [6.45, 7) is 0.590. The van der Waals surface area contributed by atoms with Crippen molar-refractivity contribution < 1.29 is 4.79 Å². The summed E-state index contributed by atoms with van der Waals surface area (Å²) in [5, 5.41) is 10.1. The smallest absolute Gasteiger partial charge is 0.242 e. The lowest BCUT2D eigenvalue weighted by Crippen LogP contribution is -2.01. The van der Waals surface area contributed by atoms with Gasteiger partial charge in [0.1, 0.15) is 6.29 Å². The standard InChI is InChI=1S/C15H13N5O/c21-10-12-3-1-11(2-4-12)9-17-15-18-14(19-20-15)13-5-7-16-8-6-13/h1-8,10H,9H2,(H2,17,18,19,20). The summed E-state index contributed by atoms with van der Waals surface area (Å²) < 4.78 is 0. The minimum atomic E-state index is 0.529. The summed E-state index contributed by atoms with van der Waals surface area (Å²) in [5.41, 5.74) is 2.65. The van der Waals surface area contributed by atoms with Gasteiger partial charge in [0.25, 0.3) is 0 Å². The molecule has 0 bridgehead atoms. The molecule has 0 saturated carbocycles. The van der Waals surface area contributed by atoms with Crippen LogP contribution in [0.1, 0.15) is 15.9 Å². The van der Waals surface area contributed by atoms with Crippen molar-refractivity contribution in [3.8, 4) is 11.4 Å². The third-order valence-electron chi connectivity index (χ3n) is 3.01. The molecule has 3 aromatic rings. The van der Waals surface area contributed by atoms with Crippen molar-refractivity contribution in [1.82, 2.24) is 20.2 Å². The average molecular weight is 279 g/mol. The number of benzene rings is 1. The van der Waals surface area contributed by atoms with E-state index in [0.29, 0.717) is 23.9 Å². The van der Waals surface area contributed by atoms with Gasteiger partial charge in [-0.05, 0) is 17.7 Å². The molecule has 3 rings (SSSR count). The van der Waals surface area contributed by atoms with Gasteiger partial charge in [0.2, 0.25) is 5.95 Å². The first-order chi connectivity index (χ1) is 10.3. The third kappa shape index (κ3) is 3.11. The maximum absolute atomic E-state index is 10.6. The van der Waals surface area contributed by atoms with Crippen molar-refractivity contribution in [2.75, 3.05) is 5.32 Å². The molecule has 0 radical (unpaired) electrons. The van der Waals surface area contributed by atoms with Crippen molar-refractivity contribution in [2.24, 2.45) is 0 Å². The molecule has 0 aliphatic carbocycles. The quantitative estimate of drug-likeness (QED) is 0.700. The van der Waals surface area contributed by atoms with Crippen LogP contribution < -0.4 is 5.32 Å². The highest BCUT2D eigenvalue weighted by atomic mass is 16.1. The second-order valence-electron chi connectivity index (χ2n) is 4.46. The Bertz CT molecular complexity index is 721. The van der Waals surface area contributed by atoms with E-state index in [2.05, 4.69) is 25.5 Å². The van der Waals surface area contributed by atoms with E-state index in [-0.39, 0.29) is 0 Å². The van der Waals surface area contributed by atoms with Crippen LogP contribution in [0.5, 0.6) is 0 Å². The second-order valence-corrected chi connectivity index (χ2v) is 4.46. The molecule has 2 N–H and O–H groups in total. The molecule has 2 aromatic heterocycles. The molecular formula is C15H13N5O. The Morgan fingerprint density at radius 1 is 1.10 bits per heavy atom. The molecule has 0 spiro atoms. The molecule has 0 aliphatic rings. The van der Waals surface area contributed by atoms with Crippen molar-refractivity contribution >= 4 is 12.2 Å². The van der Waals surface area contributed by atoms with Crippen molar-refractivity contribution in [1.29, 1.82) is 0 Å². The molecule has 1 aromatic carbocycles. The number of H-pyrrole nitrogens is 1. The van der Waals surface area contributed by atoms with Gasteiger partial charge in [0.15, 0.2) is 5.82 Å². The zero-order valence-corrected chi connectivity index (χ0v) is 11.2. The fourth-order valence-electron chi connectivity index (χ4n) is 1.87. The number of hydrogen-bond acceptors (Lipinski definition) is 5. The van der Waals surface area contributed by atoms with Crippen molar-refractivity contribution in [3.63, 3.8) is 0 Å². The summed E-state index contributed by atoms with van der Waals surface area (Å²) >= 11 is 0. The molecule has 104 valence electrons. The Balaban J connectivity index is 1.66. The maximum atomic E-state index is 10.6. The van der Waals surface area contributed by atoms with E-state index < -0.39 is 0 Å². The van der Waals surface area contributed by atoms with Gasteiger partial charge in [0, 0.05) is 30.1 Å². The zero-order valence-electron chi connectivity index (χ0n) is 11.2. The summed E-state index contributed by atoms with van der Waals surface area (Å²) in [5.74, 6) is 1.22. The fraction of sp³-hybridized carbons (Fsp3) is 0.0667. The molecule has 0 aliphatic heterocycles. The van der Waals surface area contributed by atoms with Gasteiger partial charge >= 0.3 is 0 Å². The van der Waals surface area contributed by atoms with E-state index in [0.717, 1.165) is 17.4 Å². The number of aromatic amines is 1. The Labute approximate surface area is 121 Å². The maximum Gasteiger partial charge on any atom is 0.242 e. The number of carbonyl (C=O) groups excluding carboxylic acids is 1. The van der Waals surface area contributed by atoms with Crippen LogP contribution >= 0.6 is 0 Å². The molecule has 6 nitrogen and oxygen atoms in total. The summed E-state index contributed by atoms with van der Waals surface area (Å²) in [6, 6.07) is 11.1. The predicted octanol–water partition coefficient (Wildman–Crippen LogP) is 2.29. The number of hydrogen-bond donors (Lipinski definition) is 2. The molecule has 6 heteroatoms. The summed E-state index contributed by atoms with van der Waals surface area (Å²) in [4.78, 5) is 18.9. The number of rotatable bonds is 5. The number of carbonyl (C=O) groups is 1. The molecule has 0 fully saturated rings. The minimum absolute atomic E-state index is 0.529. The lowest BCUT2D eigenvalue weighted by atomic mass is 10.1. The molecule has 21 heavy (non-hydrogen) atoms. The Morgan fingerprint density at radius 3 is 2.57 bits per heavy atom. The third-order valence-corrected chi connectivity index (χ3v) is 3.01. The highest BCUT2D eigenvalue weighted by molar-refractivity contribution is 5.74. The van der Waals surface area contributed by atoms with E-state index >= 15 is 0 Å². The number of nitrogens with one attached hydrogen (secondary N) is 2. The largest absolute Gasteiger partial charge is 0.349 e. The van der Waals surface area contributed by atoms with Crippen LogP contribution in [-0.4, -0.2) is 26.5 Å². The lowest BCUT2D eigenvalue weighted by Gasteiger charge is -2.02. The van der Waals surface area contributed by atoms with Crippen LogP contribution in [0.2, 0.25) is 0 Å². The molecular weight excluding hydrogens is 266 g/mol. The summed E-state index contributed by atoms with van der Waals surface area (Å²) in [7, 11) is 0. The van der Waals surface area contributed by atoms with Gasteiger partial charge < -0.3 is 5.32 Å². The van der Waals surface area contributed by atoms with Crippen molar-refractivity contribution in [2.45, 2.75) is 6.54 Å². The van der Waals surface area contributed by atoms with Crippen LogP contribution in [0.4, 0.5) is 5.95 Å². The van der Waals surface area contributed by atoms with Gasteiger partial charge in [-0.1, -0.05) is 24.3 Å². The number of nitrogens with zero attached hydrogens (tertiary/aromatic N) is 3. The normalized spacial score (nSPS) is 10.3. The fourth-order valence-corrected chi connectivity index (χ4v) is 1.87. The number of pyridine rings is 1. The SMILES string of the molecule is O=Cc1ccc(CNc2n[nH]c(-c3ccncc3)n2)cc1. The Morgan fingerprint density at radius 2 is 1.86 bits per heavy atom. The van der Waals surface area contributed by atoms with Crippen LogP contribution in [0.3, 0.4) is 0 Å². The number of anilines is 1. The Hall–Kier alpha value is -3.02. The highest BCUT2D eigenvalue weighted by Gasteiger charge is 2.04. The van der Waals surface area contributed by atoms with E-state index in [4.69, 9.17) is 0 Å². The number of aromatic nitrogens is 4. The van der Waals surface area contributed by atoms with Crippen LogP contribution in [0, 0.1) is 0 Å². The van der Waals surface area contributed by atoms with Crippen LogP contribution in [0.15, 0.2) is 48.8 Å². The van der Waals surface area contributed by atoms with Gasteiger partial charge in [0.05, 0.1) is 0 Å². The van der Waals surface area contributed by atoms with Gasteiger partial charge in [-0.25, -0.2) is 0 Å². The van der Waals surface area contributed by atoms with Gasteiger partial charge in [-0.15, -0.1) is 5.10 Å². The van der Waals surface area contributed by atoms with E-state index in [1.807, 2.05) is 24.3 Å². The minimum Gasteiger partial charge on any atom is -0.349 e. The molecule has 2 heterocycles. The molecule has 0 unspecified atom stereocenters. The van der Waals surface area contributed by atoms with Gasteiger partial charge in [-0.3, -0.25) is 14.9 Å². The zero-order chi connectivity index (χ0) is 14.5. The van der Waals surface area contributed by atoms with Gasteiger partial charge in [-0.2, -0.15) is 4.98 Å². The lowest BCUT2D eigenvalue weighted by molar-refractivity contribution is 0.112. The first kappa shape index (κ1) is 13.0. The Kier molecular flexibility index (Phi) is 3.68. The first-order valence-corrected chi connectivity index (χ1v) is 6.46. The molecule has 0 saturated heterocycles. The average Bonchev–Trinajstić information content (AvgIpc) is 3.03. The van der Waals surface area contributed by atoms with E-state index in [1.165, 1.54) is 0 Å². The van der Waals surface area contributed by atoms with Crippen molar-refractivity contribution in [3.05, 3.63) is 59.9 Å². The predicted molar refractivity (Wildman–Crippen MR) is 78.8 cm³/mol. The first-order valence-electron chi connectivity index (χ1n) is 6.46. The summed E-state index contributed by atoms with van der Waals surface area (Å²) in [6.07, 6.45) is 4.24. The molecule has 0 amide bonds. The monoisotopic (exact) mass is 279 g/mol. The molecule has 0 atom stereocenters. The van der Waals surface area contributed by atoms with Crippen LogP contribution in [0.25, 0.3) is 11.4 Å². The van der Waals surface area contributed by atoms with E-state index in [1.54, 1.807) is 24.5 Å². The van der Waals surface area contributed by atoms with E-state index in [9.17, 15) is 4.79 Å². The van der Waals surface area contributed by atoms with Crippen LogP contribution in [-0.2, 0) is 6.54 Å². The topological polar surface area (TPSA) is 83.6 Å². The highest BCUT2D eigenvalue weighted by Crippen LogP contribution is 2.14. The number of aldehydes is 1.